The van der Waals surface area contributed by atoms with Gasteiger partial charge in [-0.25, -0.2) is 4.98 Å². The van der Waals surface area contributed by atoms with Gasteiger partial charge in [-0.3, -0.25) is 14.7 Å². The van der Waals surface area contributed by atoms with Crippen LogP contribution in [0.15, 0.2) is 85.2 Å². The Hall–Kier alpha value is -3.77. The molecule has 1 aliphatic rings. The standard InChI is InChI=1S/C27H27N5O/c33-27(31-23-11-15-32(16-12-23)19-20-5-2-1-3-6-20)22-10-14-29-26(18-22)30-24-8-9-25-21(17-24)7-4-13-28-25/h1-10,13-14,17-18,23H,11-12,15-16,19H2,(H,29,30)(H,31,33). The maximum absolute atomic E-state index is 12.9. The normalized spacial score (nSPS) is 14.8. The summed E-state index contributed by atoms with van der Waals surface area (Å²) in [6.45, 7) is 2.94. The fourth-order valence-electron chi connectivity index (χ4n) is 4.29. The molecule has 3 heterocycles. The zero-order valence-corrected chi connectivity index (χ0v) is 18.4. The summed E-state index contributed by atoms with van der Waals surface area (Å²) in [5, 5.41) is 7.55. The molecule has 0 bridgehead atoms. The molecular weight excluding hydrogens is 410 g/mol. The molecule has 2 aromatic carbocycles. The number of benzene rings is 2. The van der Waals surface area contributed by atoms with Crippen molar-refractivity contribution in [3.63, 3.8) is 0 Å². The Morgan fingerprint density at radius 1 is 0.909 bits per heavy atom. The van der Waals surface area contributed by atoms with Crippen LogP contribution in [-0.4, -0.2) is 39.9 Å². The Balaban J connectivity index is 1.17. The van der Waals surface area contributed by atoms with Crippen LogP contribution in [0.2, 0.25) is 0 Å². The molecule has 4 aromatic rings. The predicted molar refractivity (Wildman–Crippen MR) is 131 cm³/mol. The maximum Gasteiger partial charge on any atom is 0.251 e. The lowest BCUT2D eigenvalue weighted by Crippen LogP contribution is -2.44. The van der Waals surface area contributed by atoms with E-state index < -0.39 is 0 Å². The molecule has 0 radical (unpaired) electrons. The van der Waals surface area contributed by atoms with Crippen LogP contribution in [0.4, 0.5) is 11.5 Å². The van der Waals surface area contributed by atoms with Crippen molar-refractivity contribution in [3.8, 4) is 0 Å². The molecule has 1 fully saturated rings. The van der Waals surface area contributed by atoms with Gasteiger partial charge in [0, 0.05) is 54.7 Å². The molecule has 1 aliphatic heterocycles. The van der Waals surface area contributed by atoms with E-state index in [1.54, 1.807) is 24.5 Å². The minimum atomic E-state index is -0.0512. The van der Waals surface area contributed by atoms with E-state index in [0.29, 0.717) is 11.4 Å². The molecule has 0 spiro atoms. The van der Waals surface area contributed by atoms with Crippen LogP contribution in [0.3, 0.4) is 0 Å². The third kappa shape index (κ3) is 5.35. The van der Waals surface area contributed by atoms with Crippen molar-refractivity contribution in [1.29, 1.82) is 0 Å². The molecule has 1 saturated heterocycles. The van der Waals surface area contributed by atoms with E-state index in [0.717, 1.165) is 49.1 Å². The number of nitrogens with zero attached hydrogens (tertiary/aromatic N) is 3. The molecule has 0 aliphatic carbocycles. The van der Waals surface area contributed by atoms with E-state index in [1.165, 1.54) is 5.56 Å². The first-order chi connectivity index (χ1) is 16.2. The first-order valence-corrected chi connectivity index (χ1v) is 11.4. The molecule has 2 N–H and O–H groups in total. The largest absolute Gasteiger partial charge is 0.349 e. The molecule has 1 amide bonds. The van der Waals surface area contributed by atoms with Crippen LogP contribution in [0.5, 0.6) is 0 Å². The van der Waals surface area contributed by atoms with Crippen LogP contribution in [-0.2, 0) is 6.54 Å². The molecule has 166 valence electrons. The lowest BCUT2D eigenvalue weighted by Gasteiger charge is -2.32. The Bertz CT molecular complexity index is 1240. The fourth-order valence-corrected chi connectivity index (χ4v) is 4.29. The molecule has 0 atom stereocenters. The zero-order valence-electron chi connectivity index (χ0n) is 18.4. The fraction of sp³-hybridized carbons (Fsp3) is 0.222. The van der Waals surface area contributed by atoms with E-state index in [1.807, 2.05) is 36.4 Å². The smallest absolute Gasteiger partial charge is 0.251 e. The lowest BCUT2D eigenvalue weighted by molar-refractivity contribution is 0.0909. The Morgan fingerprint density at radius 2 is 1.76 bits per heavy atom. The average Bonchev–Trinajstić information content (AvgIpc) is 2.86. The number of piperidine rings is 1. The highest BCUT2D eigenvalue weighted by Crippen LogP contribution is 2.21. The molecular formula is C27H27N5O. The molecule has 6 heteroatoms. The second-order valence-corrected chi connectivity index (χ2v) is 8.48. The number of aromatic nitrogens is 2. The van der Waals surface area contributed by atoms with Gasteiger partial charge in [-0.1, -0.05) is 36.4 Å². The van der Waals surface area contributed by atoms with Crippen molar-refractivity contribution in [2.24, 2.45) is 0 Å². The Morgan fingerprint density at radius 3 is 2.61 bits per heavy atom. The number of carbonyl (C=O) groups is 1. The summed E-state index contributed by atoms with van der Waals surface area (Å²) in [4.78, 5) is 24.1. The van der Waals surface area contributed by atoms with Crippen molar-refractivity contribution in [2.75, 3.05) is 18.4 Å². The number of carbonyl (C=O) groups excluding carboxylic acids is 1. The highest BCUT2D eigenvalue weighted by Gasteiger charge is 2.21. The number of likely N-dealkylation sites (tertiary alicyclic amines) is 1. The van der Waals surface area contributed by atoms with Gasteiger partial charge in [0.15, 0.2) is 0 Å². The van der Waals surface area contributed by atoms with Gasteiger partial charge in [0.2, 0.25) is 0 Å². The number of pyridine rings is 2. The number of hydrogen-bond acceptors (Lipinski definition) is 5. The molecule has 0 unspecified atom stereocenters. The monoisotopic (exact) mass is 437 g/mol. The maximum atomic E-state index is 12.9. The summed E-state index contributed by atoms with van der Waals surface area (Å²) < 4.78 is 0. The molecule has 2 aromatic heterocycles. The molecule has 5 rings (SSSR count). The van der Waals surface area contributed by atoms with Crippen LogP contribution in [0.1, 0.15) is 28.8 Å². The first-order valence-electron chi connectivity index (χ1n) is 11.4. The number of rotatable bonds is 6. The van der Waals surface area contributed by atoms with Crippen molar-refractivity contribution in [1.82, 2.24) is 20.2 Å². The first kappa shape index (κ1) is 21.1. The topological polar surface area (TPSA) is 70.2 Å². The van der Waals surface area contributed by atoms with Crippen LogP contribution < -0.4 is 10.6 Å². The Labute approximate surface area is 193 Å². The van der Waals surface area contributed by atoms with Crippen molar-refractivity contribution < 1.29 is 4.79 Å². The van der Waals surface area contributed by atoms with Gasteiger partial charge < -0.3 is 10.6 Å². The number of anilines is 2. The minimum Gasteiger partial charge on any atom is -0.349 e. The Kier molecular flexibility index (Phi) is 6.26. The zero-order chi connectivity index (χ0) is 22.5. The van der Waals surface area contributed by atoms with Gasteiger partial charge in [-0.05, 0) is 54.8 Å². The number of hydrogen-bond donors (Lipinski definition) is 2. The van der Waals surface area contributed by atoms with Crippen molar-refractivity contribution >= 4 is 28.3 Å². The second-order valence-electron chi connectivity index (χ2n) is 8.48. The van der Waals surface area contributed by atoms with Crippen LogP contribution in [0.25, 0.3) is 10.9 Å². The summed E-state index contributed by atoms with van der Waals surface area (Å²) >= 11 is 0. The second kappa shape index (κ2) is 9.79. The van der Waals surface area contributed by atoms with E-state index >= 15 is 0 Å². The van der Waals surface area contributed by atoms with E-state index in [2.05, 4.69) is 49.8 Å². The van der Waals surface area contributed by atoms with Crippen molar-refractivity contribution in [2.45, 2.75) is 25.4 Å². The van der Waals surface area contributed by atoms with Gasteiger partial charge in [0.25, 0.3) is 5.91 Å². The molecule has 33 heavy (non-hydrogen) atoms. The molecule has 6 nitrogen and oxygen atoms in total. The number of amides is 1. The van der Waals surface area contributed by atoms with E-state index in [4.69, 9.17) is 0 Å². The van der Waals surface area contributed by atoms with Crippen molar-refractivity contribution in [3.05, 3.63) is 96.3 Å². The number of fused-ring (bicyclic) bond motifs is 1. The lowest BCUT2D eigenvalue weighted by atomic mass is 10.0. The third-order valence-electron chi connectivity index (χ3n) is 6.07. The van der Waals surface area contributed by atoms with E-state index in [9.17, 15) is 4.79 Å². The van der Waals surface area contributed by atoms with Gasteiger partial charge >= 0.3 is 0 Å². The number of nitrogens with one attached hydrogen (secondary N) is 2. The summed E-state index contributed by atoms with van der Waals surface area (Å²) in [5.41, 5.74) is 3.80. The SMILES string of the molecule is O=C(NC1CCN(Cc2ccccc2)CC1)c1ccnc(Nc2ccc3ncccc3c2)c1. The van der Waals surface area contributed by atoms with Gasteiger partial charge in [0.05, 0.1) is 5.52 Å². The van der Waals surface area contributed by atoms with Crippen LogP contribution in [0, 0.1) is 0 Å². The highest BCUT2D eigenvalue weighted by atomic mass is 16.1. The third-order valence-corrected chi connectivity index (χ3v) is 6.07. The predicted octanol–water partition coefficient (Wildman–Crippen LogP) is 4.77. The van der Waals surface area contributed by atoms with Gasteiger partial charge in [-0.2, -0.15) is 0 Å². The van der Waals surface area contributed by atoms with E-state index in [-0.39, 0.29) is 11.9 Å². The van der Waals surface area contributed by atoms with Gasteiger partial charge in [-0.15, -0.1) is 0 Å². The highest BCUT2D eigenvalue weighted by molar-refractivity contribution is 5.95. The average molecular weight is 438 g/mol. The summed E-state index contributed by atoms with van der Waals surface area (Å²) in [7, 11) is 0. The van der Waals surface area contributed by atoms with Crippen LogP contribution >= 0.6 is 0 Å². The minimum absolute atomic E-state index is 0.0512. The summed E-state index contributed by atoms with van der Waals surface area (Å²) in [6, 6.07) is 24.2. The summed E-state index contributed by atoms with van der Waals surface area (Å²) in [6.07, 6.45) is 5.37. The van der Waals surface area contributed by atoms with Gasteiger partial charge in [0.1, 0.15) is 5.82 Å². The molecule has 0 saturated carbocycles. The summed E-state index contributed by atoms with van der Waals surface area (Å²) in [5.74, 6) is 0.591. The quantitative estimate of drug-likeness (QED) is 0.455.